The number of hydrogen-bond acceptors (Lipinski definition) is 3. The highest BCUT2D eigenvalue weighted by Crippen LogP contribution is 2.15. The summed E-state index contributed by atoms with van der Waals surface area (Å²) in [6.07, 6.45) is 1.49. The van der Waals surface area contributed by atoms with E-state index in [9.17, 15) is 0 Å². The van der Waals surface area contributed by atoms with Crippen molar-refractivity contribution in [1.29, 1.82) is 0 Å². The van der Waals surface area contributed by atoms with Gasteiger partial charge in [0.2, 0.25) is 0 Å². The van der Waals surface area contributed by atoms with Crippen LogP contribution in [-0.2, 0) is 17.8 Å². The summed E-state index contributed by atoms with van der Waals surface area (Å²) in [5, 5.41) is 0. The van der Waals surface area contributed by atoms with Gasteiger partial charge in [0, 0.05) is 26.2 Å². The van der Waals surface area contributed by atoms with Gasteiger partial charge in [-0.05, 0) is 17.5 Å². The van der Waals surface area contributed by atoms with E-state index in [4.69, 9.17) is 10.5 Å². The molecule has 1 aliphatic rings. The number of benzene rings is 1. The van der Waals surface area contributed by atoms with Gasteiger partial charge >= 0.3 is 0 Å². The quantitative estimate of drug-likeness (QED) is 0.862. The predicted octanol–water partition coefficient (Wildman–Crippen LogP) is 1.76. The first kappa shape index (κ1) is 12.6. The summed E-state index contributed by atoms with van der Waals surface area (Å²) >= 11 is 0. The Morgan fingerprint density at radius 3 is 2.82 bits per heavy atom. The summed E-state index contributed by atoms with van der Waals surface area (Å²) in [5.41, 5.74) is 8.38. The predicted molar refractivity (Wildman–Crippen MR) is 69.6 cm³/mol. The largest absolute Gasteiger partial charge is 0.376 e. The molecule has 0 aliphatic carbocycles. The van der Waals surface area contributed by atoms with Crippen LogP contribution in [0.4, 0.5) is 0 Å². The summed E-state index contributed by atoms with van der Waals surface area (Å²) in [6.45, 7) is 6.71. The van der Waals surface area contributed by atoms with E-state index in [0.29, 0.717) is 12.6 Å². The van der Waals surface area contributed by atoms with E-state index in [1.807, 2.05) is 0 Å². The van der Waals surface area contributed by atoms with Gasteiger partial charge < -0.3 is 10.5 Å². The molecule has 1 saturated heterocycles. The van der Waals surface area contributed by atoms with Crippen LogP contribution in [0.5, 0.6) is 0 Å². The summed E-state index contributed by atoms with van der Waals surface area (Å²) in [5.74, 6) is 0. The van der Waals surface area contributed by atoms with Gasteiger partial charge in [0.05, 0.1) is 12.7 Å². The third kappa shape index (κ3) is 3.28. The van der Waals surface area contributed by atoms with E-state index in [0.717, 1.165) is 32.7 Å². The van der Waals surface area contributed by atoms with Crippen molar-refractivity contribution in [2.75, 3.05) is 19.7 Å². The smallest absolute Gasteiger partial charge is 0.0700 e. The molecule has 1 unspecified atom stereocenters. The molecule has 0 radical (unpaired) electrons. The van der Waals surface area contributed by atoms with E-state index in [2.05, 4.69) is 36.1 Å². The van der Waals surface area contributed by atoms with Crippen molar-refractivity contribution in [3.63, 3.8) is 0 Å². The molecule has 1 atom stereocenters. The fourth-order valence-corrected chi connectivity index (χ4v) is 2.32. The van der Waals surface area contributed by atoms with Gasteiger partial charge in [-0.1, -0.05) is 31.2 Å². The van der Waals surface area contributed by atoms with Crippen LogP contribution < -0.4 is 5.73 Å². The Balaban J connectivity index is 2.00. The molecule has 1 fully saturated rings. The van der Waals surface area contributed by atoms with Crippen LogP contribution in [0.15, 0.2) is 24.3 Å². The molecule has 3 nitrogen and oxygen atoms in total. The van der Waals surface area contributed by atoms with Gasteiger partial charge in [0.25, 0.3) is 0 Å². The molecule has 1 heterocycles. The third-order valence-corrected chi connectivity index (χ3v) is 3.41. The summed E-state index contributed by atoms with van der Waals surface area (Å²) in [6, 6.07) is 8.44. The second-order valence-corrected chi connectivity index (χ2v) is 4.61. The fourth-order valence-electron chi connectivity index (χ4n) is 2.32. The highest BCUT2D eigenvalue weighted by atomic mass is 16.5. The summed E-state index contributed by atoms with van der Waals surface area (Å²) in [4.78, 5) is 2.46. The minimum atomic E-state index is 0.397. The summed E-state index contributed by atoms with van der Waals surface area (Å²) < 4.78 is 5.69. The maximum absolute atomic E-state index is 5.77. The Morgan fingerprint density at radius 1 is 1.35 bits per heavy atom. The SMILES string of the molecule is CCC1CN(Cc2ccccc2CN)CCO1. The van der Waals surface area contributed by atoms with Crippen LogP contribution in [0.25, 0.3) is 0 Å². The molecular formula is C14H22N2O. The van der Waals surface area contributed by atoms with Gasteiger partial charge in [-0.3, -0.25) is 4.90 Å². The molecule has 1 aliphatic heterocycles. The number of nitrogens with zero attached hydrogens (tertiary/aromatic N) is 1. The second-order valence-electron chi connectivity index (χ2n) is 4.61. The van der Waals surface area contributed by atoms with Crippen molar-refractivity contribution >= 4 is 0 Å². The lowest BCUT2D eigenvalue weighted by Crippen LogP contribution is -2.41. The molecule has 0 aromatic heterocycles. The number of ether oxygens (including phenoxy) is 1. The van der Waals surface area contributed by atoms with E-state index in [1.54, 1.807) is 0 Å². The van der Waals surface area contributed by atoms with Gasteiger partial charge in [-0.25, -0.2) is 0 Å². The molecule has 94 valence electrons. The van der Waals surface area contributed by atoms with Crippen molar-refractivity contribution in [2.24, 2.45) is 5.73 Å². The van der Waals surface area contributed by atoms with Crippen LogP contribution in [0.3, 0.4) is 0 Å². The van der Waals surface area contributed by atoms with Gasteiger partial charge in [-0.15, -0.1) is 0 Å². The molecule has 0 spiro atoms. The van der Waals surface area contributed by atoms with Crippen LogP contribution in [0.1, 0.15) is 24.5 Å². The molecule has 0 bridgehead atoms. The zero-order chi connectivity index (χ0) is 12.1. The molecule has 2 rings (SSSR count). The average molecular weight is 234 g/mol. The first-order valence-electron chi connectivity index (χ1n) is 6.44. The van der Waals surface area contributed by atoms with Crippen molar-refractivity contribution in [3.8, 4) is 0 Å². The Labute approximate surface area is 104 Å². The average Bonchev–Trinajstić information content (AvgIpc) is 2.39. The molecule has 1 aromatic rings. The van der Waals surface area contributed by atoms with Crippen LogP contribution in [-0.4, -0.2) is 30.7 Å². The maximum atomic E-state index is 5.77. The zero-order valence-electron chi connectivity index (χ0n) is 10.6. The molecular weight excluding hydrogens is 212 g/mol. The second kappa shape index (κ2) is 6.15. The Bertz CT molecular complexity index is 354. The van der Waals surface area contributed by atoms with E-state index in [-0.39, 0.29) is 0 Å². The standard InChI is InChI=1S/C14H22N2O/c1-2-14-11-16(7-8-17-14)10-13-6-4-3-5-12(13)9-15/h3-6,14H,2,7-11,15H2,1H3. The number of hydrogen-bond donors (Lipinski definition) is 1. The molecule has 1 aromatic carbocycles. The zero-order valence-corrected chi connectivity index (χ0v) is 10.6. The fraction of sp³-hybridized carbons (Fsp3) is 0.571. The monoisotopic (exact) mass is 234 g/mol. The number of morpholine rings is 1. The van der Waals surface area contributed by atoms with Gasteiger partial charge in [0.15, 0.2) is 0 Å². The van der Waals surface area contributed by atoms with Crippen LogP contribution in [0.2, 0.25) is 0 Å². The molecule has 2 N–H and O–H groups in total. The Morgan fingerprint density at radius 2 is 2.12 bits per heavy atom. The third-order valence-electron chi connectivity index (χ3n) is 3.41. The molecule has 17 heavy (non-hydrogen) atoms. The van der Waals surface area contributed by atoms with Gasteiger partial charge in [-0.2, -0.15) is 0 Å². The minimum Gasteiger partial charge on any atom is -0.376 e. The molecule has 0 amide bonds. The van der Waals surface area contributed by atoms with Crippen LogP contribution >= 0.6 is 0 Å². The van der Waals surface area contributed by atoms with E-state index in [1.165, 1.54) is 11.1 Å². The molecule has 0 saturated carbocycles. The first-order valence-corrected chi connectivity index (χ1v) is 6.44. The van der Waals surface area contributed by atoms with E-state index >= 15 is 0 Å². The lowest BCUT2D eigenvalue weighted by Gasteiger charge is -2.32. The Hall–Kier alpha value is -0.900. The number of rotatable bonds is 4. The normalized spacial score (nSPS) is 21.6. The maximum Gasteiger partial charge on any atom is 0.0700 e. The highest BCUT2D eigenvalue weighted by molar-refractivity contribution is 5.26. The first-order chi connectivity index (χ1) is 8.33. The number of nitrogens with two attached hydrogens (primary N) is 1. The minimum absolute atomic E-state index is 0.397. The van der Waals surface area contributed by atoms with Gasteiger partial charge in [0.1, 0.15) is 0 Å². The highest BCUT2D eigenvalue weighted by Gasteiger charge is 2.19. The van der Waals surface area contributed by atoms with Crippen molar-refractivity contribution in [2.45, 2.75) is 32.5 Å². The molecule has 3 heteroatoms. The Kier molecular flexibility index (Phi) is 4.54. The van der Waals surface area contributed by atoms with Crippen LogP contribution in [0, 0.1) is 0 Å². The summed E-state index contributed by atoms with van der Waals surface area (Å²) in [7, 11) is 0. The van der Waals surface area contributed by atoms with E-state index < -0.39 is 0 Å². The topological polar surface area (TPSA) is 38.5 Å². The van der Waals surface area contributed by atoms with Crippen molar-refractivity contribution < 1.29 is 4.74 Å². The van der Waals surface area contributed by atoms with Crippen molar-refractivity contribution in [1.82, 2.24) is 4.90 Å². The lowest BCUT2D eigenvalue weighted by atomic mass is 10.1. The van der Waals surface area contributed by atoms with Crippen molar-refractivity contribution in [3.05, 3.63) is 35.4 Å². The lowest BCUT2D eigenvalue weighted by molar-refractivity contribution is -0.0325.